The SMILES string of the molecule is CCCc1cc(NC(=O)Cc2ccc(O)cc2)n[nH]1. The van der Waals surface area contributed by atoms with Gasteiger partial charge in [0.1, 0.15) is 5.75 Å². The third-order valence-corrected chi connectivity index (χ3v) is 2.72. The van der Waals surface area contributed by atoms with Crippen LogP contribution in [-0.2, 0) is 17.6 Å². The van der Waals surface area contributed by atoms with Gasteiger partial charge in [0.05, 0.1) is 6.42 Å². The van der Waals surface area contributed by atoms with Crippen molar-refractivity contribution in [1.29, 1.82) is 0 Å². The monoisotopic (exact) mass is 259 g/mol. The maximum Gasteiger partial charge on any atom is 0.229 e. The molecule has 0 aliphatic carbocycles. The number of amides is 1. The van der Waals surface area contributed by atoms with Gasteiger partial charge < -0.3 is 10.4 Å². The minimum atomic E-state index is -0.125. The van der Waals surface area contributed by atoms with Crippen molar-refractivity contribution in [1.82, 2.24) is 10.2 Å². The van der Waals surface area contributed by atoms with Crippen molar-refractivity contribution in [2.24, 2.45) is 0 Å². The Balaban J connectivity index is 1.91. The summed E-state index contributed by atoms with van der Waals surface area (Å²) >= 11 is 0. The number of hydrogen-bond acceptors (Lipinski definition) is 3. The van der Waals surface area contributed by atoms with Crippen LogP contribution < -0.4 is 5.32 Å². The molecular weight excluding hydrogens is 242 g/mol. The van der Waals surface area contributed by atoms with Crippen molar-refractivity contribution in [2.45, 2.75) is 26.2 Å². The minimum absolute atomic E-state index is 0.125. The van der Waals surface area contributed by atoms with Gasteiger partial charge in [-0.05, 0) is 24.1 Å². The van der Waals surface area contributed by atoms with Crippen LogP contribution in [0.25, 0.3) is 0 Å². The fourth-order valence-corrected chi connectivity index (χ4v) is 1.81. The Kier molecular flexibility index (Phi) is 4.18. The number of nitrogens with one attached hydrogen (secondary N) is 2. The summed E-state index contributed by atoms with van der Waals surface area (Å²) in [5.41, 5.74) is 1.86. The molecule has 0 aliphatic rings. The number of nitrogens with zero attached hydrogens (tertiary/aromatic N) is 1. The lowest BCUT2D eigenvalue weighted by Gasteiger charge is -2.02. The first kappa shape index (κ1) is 13.1. The zero-order chi connectivity index (χ0) is 13.7. The molecule has 5 nitrogen and oxygen atoms in total. The van der Waals surface area contributed by atoms with E-state index in [9.17, 15) is 4.79 Å². The van der Waals surface area contributed by atoms with E-state index in [0.29, 0.717) is 5.82 Å². The summed E-state index contributed by atoms with van der Waals surface area (Å²) in [7, 11) is 0. The van der Waals surface area contributed by atoms with Gasteiger partial charge in [0.15, 0.2) is 5.82 Å². The van der Waals surface area contributed by atoms with Crippen LogP contribution in [0.15, 0.2) is 30.3 Å². The number of rotatable bonds is 5. The Morgan fingerprint density at radius 2 is 2.11 bits per heavy atom. The molecule has 0 fully saturated rings. The fraction of sp³-hybridized carbons (Fsp3) is 0.286. The maximum atomic E-state index is 11.8. The molecule has 1 aromatic heterocycles. The number of aromatic hydroxyl groups is 1. The Bertz CT molecular complexity index is 546. The Labute approximate surface area is 111 Å². The molecule has 0 bridgehead atoms. The van der Waals surface area contributed by atoms with E-state index < -0.39 is 0 Å². The number of carbonyl (C=O) groups excluding carboxylic acids is 1. The fourth-order valence-electron chi connectivity index (χ4n) is 1.81. The topological polar surface area (TPSA) is 78.0 Å². The van der Waals surface area contributed by atoms with Crippen molar-refractivity contribution in [3.63, 3.8) is 0 Å². The number of H-pyrrole nitrogens is 1. The second-order valence-electron chi connectivity index (χ2n) is 4.42. The van der Waals surface area contributed by atoms with Gasteiger partial charge in [-0.1, -0.05) is 25.5 Å². The third kappa shape index (κ3) is 3.84. The van der Waals surface area contributed by atoms with Crippen LogP contribution >= 0.6 is 0 Å². The number of carbonyl (C=O) groups is 1. The Hall–Kier alpha value is -2.30. The zero-order valence-corrected chi connectivity index (χ0v) is 10.8. The summed E-state index contributed by atoms with van der Waals surface area (Å²) < 4.78 is 0. The van der Waals surface area contributed by atoms with Crippen LogP contribution in [0.2, 0.25) is 0 Å². The normalized spacial score (nSPS) is 10.4. The standard InChI is InChI=1S/C14H17N3O2/c1-2-3-11-9-13(17-16-11)15-14(19)8-10-4-6-12(18)7-5-10/h4-7,9,18H,2-3,8H2,1H3,(H2,15,16,17,19). The molecule has 0 aliphatic heterocycles. The van der Waals surface area contributed by atoms with E-state index in [-0.39, 0.29) is 18.1 Å². The first-order valence-corrected chi connectivity index (χ1v) is 6.29. The first-order valence-electron chi connectivity index (χ1n) is 6.29. The van der Waals surface area contributed by atoms with E-state index >= 15 is 0 Å². The minimum Gasteiger partial charge on any atom is -0.508 e. The highest BCUT2D eigenvalue weighted by Gasteiger charge is 2.07. The van der Waals surface area contributed by atoms with E-state index in [4.69, 9.17) is 5.11 Å². The van der Waals surface area contributed by atoms with Crippen molar-refractivity contribution >= 4 is 11.7 Å². The Morgan fingerprint density at radius 1 is 1.37 bits per heavy atom. The van der Waals surface area contributed by atoms with Crippen molar-refractivity contribution in [3.8, 4) is 5.75 Å². The summed E-state index contributed by atoms with van der Waals surface area (Å²) in [6.07, 6.45) is 2.21. The predicted molar refractivity (Wildman–Crippen MR) is 73.0 cm³/mol. The van der Waals surface area contributed by atoms with E-state index in [1.54, 1.807) is 24.3 Å². The molecule has 2 rings (SSSR count). The van der Waals surface area contributed by atoms with Gasteiger partial charge in [0.25, 0.3) is 0 Å². The number of anilines is 1. The quantitative estimate of drug-likeness (QED) is 0.770. The molecule has 0 unspecified atom stereocenters. The molecular formula is C14H17N3O2. The number of aryl methyl sites for hydroxylation is 1. The van der Waals surface area contributed by atoms with Gasteiger partial charge >= 0.3 is 0 Å². The third-order valence-electron chi connectivity index (χ3n) is 2.72. The van der Waals surface area contributed by atoms with Crippen molar-refractivity contribution < 1.29 is 9.90 Å². The van der Waals surface area contributed by atoms with E-state index in [0.717, 1.165) is 24.1 Å². The molecule has 1 heterocycles. The molecule has 5 heteroatoms. The lowest BCUT2D eigenvalue weighted by Crippen LogP contribution is -2.14. The highest BCUT2D eigenvalue weighted by molar-refractivity contribution is 5.91. The highest BCUT2D eigenvalue weighted by atomic mass is 16.3. The molecule has 3 N–H and O–H groups in total. The summed E-state index contributed by atoms with van der Waals surface area (Å²) in [6.45, 7) is 2.09. The van der Waals surface area contributed by atoms with Crippen LogP contribution in [0.5, 0.6) is 5.75 Å². The second-order valence-corrected chi connectivity index (χ2v) is 4.42. The van der Waals surface area contributed by atoms with Crippen LogP contribution in [0.4, 0.5) is 5.82 Å². The summed E-state index contributed by atoms with van der Waals surface area (Å²) in [5, 5.41) is 18.8. The molecule has 2 aromatic rings. The largest absolute Gasteiger partial charge is 0.508 e. The van der Waals surface area contributed by atoms with Crippen LogP contribution in [0.1, 0.15) is 24.6 Å². The van der Waals surface area contributed by atoms with Gasteiger partial charge in [-0.2, -0.15) is 5.10 Å². The lowest BCUT2D eigenvalue weighted by atomic mass is 10.1. The average Bonchev–Trinajstić information content (AvgIpc) is 2.80. The van der Waals surface area contributed by atoms with Crippen LogP contribution in [0, 0.1) is 0 Å². The van der Waals surface area contributed by atoms with Crippen LogP contribution in [0.3, 0.4) is 0 Å². The first-order chi connectivity index (χ1) is 9.17. The number of hydrogen-bond donors (Lipinski definition) is 3. The number of phenolic OH excluding ortho intramolecular Hbond substituents is 1. The molecule has 19 heavy (non-hydrogen) atoms. The second kappa shape index (κ2) is 6.04. The van der Waals surface area contributed by atoms with Gasteiger partial charge in [-0.15, -0.1) is 0 Å². The molecule has 0 atom stereocenters. The van der Waals surface area contributed by atoms with E-state index in [1.165, 1.54) is 0 Å². The molecule has 0 radical (unpaired) electrons. The molecule has 1 amide bonds. The lowest BCUT2D eigenvalue weighted by molar-refractivity contribution is -0.115. The number of aromatic nitrogens is 2. The van der Waals surface area contributed by atoms with Gasteiger partial charge in [0, 0.05) is 11.8 Å². The molecule has 100 valence electrons. The highest BCUT2D eigenvalue weighted by Crippen LogP contribution is 2.11. The predicted octanol–water partition coefficient (Wildman–Crippen LogP) is 2.25. The molecule has 0 spiro atoms. The smallest absolute Gasteiger partial charge is 0.229 e. The van der Waals surface area contributed by atoms with Gasteiger partial charge in [-0.25, -0.2) is 0 Å². The van der Waals surface area contributed by atoms with Crippen molar-refractivity contribution in [2.75, 3.05) is 5.32 Å². The summed E-state index contributed by atoms with van der Waals surface area (Å²) in [5.74, 6) is 0.619. The average molecular weight is 259 g/mol. The summed E-state index contributed by atoms with van der Waals surface area (Å²) in [6, 6.07) is 8.43. The molecule has 1 aromatic carbocycles. The van der Waals surface area contributed by atoms with Crippen LogP contribution in [-0.4, -0.2) is 21.2 Å². The number of phenols is 1. The zero-order valence-electron chi connectivity index (χ0n) is 10.8. The van der Waals surface area contributed by atoms with E-state index in [2.05, 4.69) is 22.4 Å². The number of aromatic amines is 1. The van der Waals surface area contributed by atoms with Gasteiger partial charge in [-0.3, -0.25) is 9.89 Å². The molecule has 0 saturated heterocycles. The van der Waals surface area contributed by atoms with Gasteiger partial charge in [0.2, 0.25) is 5.91 Å². The van der Waals surface area contributed by atoms with E-state index in [1.807, 2.05) is 6.07 Å². The Morgan fingerprint density at radius 3 is 2.79 bits per heavy atom. The maximum absolute atomic E-state index is 11.8. The number of benzene rings is 1. The van der Waals surface area contributed by atoms with Crippen molar-refractivity contribution in [3.05, 3.63) is 41.6 Å². The molecule has 0 saturated carbocycles. The summed E-state index contributed by atoms with van der Waals surface area (Å²) in [4.78, 5) is 11.8.